The van der Waals surface area contributed by atoms with Crippen LogP contribution in [0.3, 0.4) is 0 Å². The van der Waals surface area contributed by atoms with E-state index in [0.29, 0.717) is 5.75 Å². The highest BCUT2D eigenvalue weighted by atomic mass is 35.7. The molecule has 114 valence electrons. The number of aliphatic hydroxyl groups is 1. The molecule has 5 nitrogen and oxygen atoms in total. The van der Waals surface area contributed by atoms with Crippen LogP contribution in [0.15, 0.2) is 30.3 Å². The van der Waals surface area contributed by atoms with Crippen LogP contribution in [0.2, 0.25) is 0 Å². The van der Waals surface area contributed by atoms with Crippen molar-refractivity contribution in [2.24, 2.45) is 0 Å². The summed E-state index contributed by atoms with van der Waals surface area (Å²) in [5.41, 5.74) is -0.522. The Balaban J connectivity index is 2.59. The van der Waals surface area contributed by atoms with Crippen LogP contribution in [0, 0.1) is 0 Å². The van der Waals surface area contributed by atoms with Gasteiger partial charge < -0.3 is 14.4 Å². The molecule has 0 heterocycles. The summed E-state index contributed by atoms with van der Waals surface area (Å²) < 4.78 is 22.7. The molecule has 0 bridgehead atoms. The monoisotopic (exact) mass is 321 g/mol. The maximum absolute atomic E-state index is 12.1. The van der Waals surface area contributed by atoms with Gasteiger partial charge in [-0.2, -0.15) is 0 Å². The largest absolute Gasteiger partial charge is 0.422 e. The first-order chi connectivity index (χ1) is 9.09. The standard InChI is InChI=1S/C13H21ClNO4P/c1-10(12(16)18-13(2,3)4)15-20(14,17)19-11-8-6-5-7-9-11/h5-10,12,16H,1-4H3,(H,15,17)/t10-,12?,20?/m0/s1. The summed E-state index contributed by atoms with van der Waals surface area (Å²) in [5, 5.41) is 12.4. The van der Waals surface area contributed by atoms with Crippen LogP contribution in [0.5, 0.6) is 5.75 Å². The zero-order valence-corrected chi connectivity index (χ0v) is 13.7. The van der Waals surface area contributed by atoms with Gasteiger partial charge in [0.05, 0.1) is 11.6 Å². The zero-order valence-electron chi connectivity index (χ0n) is 12.0. The van der Waals surface area contributed by atoms with E-state index >= 15 is 0 Å². The van der Waals surface area contributed by atoms with Gasteiger partial charge in [-0.05, 0) is 39.8 Å². The van der Waals surface area contributed by atoms with Crippen LogP contribution in [0.25, 0.3) is 0 Å². The SMILES string of the molecule is C[C@H](NP(=O)(Cl)Oc1ccccc1)C(O)OC(C)(C)C. The van der Waals surface area contributed by atoms with Crippen molar-refractivity contribution in [1.82, 2.24) is 5.09 Å². The number of benzene rings is 1. The Morgan fingerprint density at radius 3 is 2.35 bits per heavy atom. The molecule has 1 rings (SSSR count). The summed E-state index contributed by atoms with van der Waals surface area (Å²) >= 11 is 5.84. The van der Waals surface area contributed by atoms with Gasteiger partial charge in [-0.15, -0.1) is 0 Å². The van der Waals surface area contributed by atoms with Crippen LogP contribution >= 0.6 is 18.1 Å². The average molecular weight is 322 g/mol. The Morgan fingerprint density at radius 2 is 1.85 bits per heavy atom. The molecule has 2 unspecified atom stereocenters. The van der Waals surface area contributed by atoms with Gasteiger partial charge >= 0.3 is 6.87 Å². The molecule has 7 heteroatoms. The van der Waals surface area contributed by atoms with E-state index in [0.717, 1.165) is 0 Å². The molecule has 0 aliphatic rings. The molecular formula is C13H21ClNO4P. The third kappa shape index (κ3) is 6.73. The van der Waals surface area contributed by atoms with Crippen LogP contribution in [0.1, 0.15) is 27.7 Å². The molecule has 20 heavy (non-hydrogen) atoms. The number of rotatable bonds is 6. The van der Waals surface area contributed by atoms with Gasteiger partial charge in [-0.25, -0.2) is 9.65 Å². The fraction of sp³-hybridized carbons (Fsp3) is 0.538. The molecule has 2 N–H and O–H groups in total. The Hall–Kier alpha value is -0.580. The van der Waals surface area contributed by atoms with Crippen molar-refractivity contribution in [3.8, 4) is 5.75 Å². The van der Waals surface area contributed by atoms with Crippen molar-refractivity contribution >= 4 is 18.1 Å². The van der Waals surface area contributed by atoms with Crippen molar-refractivity contribution < 1.29 is 18.9 Å². The van der Waals surface area contributed by atoms with Gasteiger partial charge in [0.15, 0.2) is 6.29 Å². The lowest BCUT2D eigenvalue weighted by Gasteiger charge is -2.29. The molecule has 3 atom stereocenters. The first-order valence-electron chi connectivity index (χ1n) is 6.27. The number of hydrogen-bond acceptors (Lipinski definition) is 4. The van der Waals surface area contributed by atoms with Gasteiger partial charge in [-0.3, -0.25) is 0 Å². The van der Waals surface area contributed by atoms with E-state index in [-0.39, 0.29) is 0 Å². The third-order valence-corrected chi connectivity index (χ3v) is 3.89. The van der Waals surface area contributed by atoms with E-state index in [1.807, 2.05) is 26.8 Å². The molecule has 0 radical (unpaired) electrons. The van der Waals surface area contributed by atoms with E-state index in [1.54, 1.807) is 31.2 Å². The predicted octanol–water partition coefficient (Wildman–Crippen LogP) is 3.52. The quantitative estimate of drug-likeness (QED) is 0.620. The summed E-state index contributed by atoms with van der Waals surface area (Å²) in [4.78, 5) is 0. The van der Waals surface area contributed by atoms with Gasteiger partial charge in [0.1, 0.15) is 5.75 Å². The molecule has 0 spiro atoms. The summed E-state index contributed by atoms with van der Waals surface area (Å²) in [6.07, 6.45) is -1.15. The third-order valence-electron chi connectivity index (χ3n) is 2.23. The van der Waals surface area contributed by atoms with Crippen molar-refractivity contribution in [2.45, 2.75) is 45.6 Å². The van der Waals surface area contributed by atoms with Crippen molar-refractivity contribution in [3.63, 3.8) is 0 Å². The molecular weight excluding hydrogens is 301 g/mol. The highest BCUT2D eigenvalue weighted by Crippen LogP contribution is 2.48. The number of ether oxygens (including phenoxy) is 1. The molecule has 1 aromatic carbocycles. The number of halogens is 1. The van der Waals surface area contributed by atoms with Crippen LogP contribution in [-0.4, -0.2) is 23.0 Å². The fourth-order valence-electron chi connectivity index (χ4n) is 1.41. The Morgan fingerprint density at radius 1 is 1.30 bits per heavy atom. The Bertz CT molecular complexity index is 463. The molecule has 0 aliphatic carbocycles. The molecule has 0 amide bonds. The fourth-order valence-corrected chi connectivity index (χ4v) is 3.17. The maximum atomic E-state index is 12.1. The Kier molecular flexibility index (Phi) is 6.05. The smallest absolute Gasteiger partial charge is 0.409 e. The first-order valence-corrected chi connectivity index (χ1v) is 8.80. The second-order valence-electron chi connectivity index (χ2n) is 5.42. The van der Waals surface area contributed by atoms with Crippen LogP contribution in [-0.2, 0) is 9.30 Å². The number of nitrogens with one attached hydrogen (secondary N) is 1. The van der Waals surface area contributed by atoms with Gasteiger partial charge in [0, 0.05) is 11.2 Å². The lowest BCUT2D eigenvalue weighted by molar-refractivity contribution is -0.175. The van der Waals surface area contributed by atoms with Crippen molar-refractivity contribution in [3.05, 3.63) is 30.3 Å². The maximum Gasteiger partial charge on any atom is 0.409 e. The minimum Gasteiger partial charge on any atom is -0.422 e. The molecule has 1 aromatic rings. The number of hydrogen-bond donors (Lipinski definition) is 2. The van der Waals surface area contributed by atoms with Crippen LogP contribution in [0.4, 0.5) is 0 Å². The summed E-state index contributed by atoms with van der Waals surface area (Å²) in [5.74, 6) is 0.386. The molecule has 0 saturated carbocycles. The minimum atomic E-state index is -3.61. The second-order valence-corrected chi connectivity index (χ2v) is 8.16. The Labute approximate surface area is 124 Å². The lowest BCUT2D eigenvalue weighted by atomic mass is 10.2. The highest BCUT2D eigenvalue weighted by molar-refractivity contribution is 7.84. The van der Waals surface area contributed by atoms with Gasteiger partial charge in [0.25, 0.3) is 0 Å². The van der Waals surface area contributed by atoms with E-state index in [2.05, 4.69) is 5.09 Å². The van der Waals surface area contributed by atoms with E-state index in [1.165, 1.54) is 0 Å². The van der Waals surface area contributed by atoms with Crippen molar-refractivity contribution in [2.75, 3.05) is 0 Å². The predicted molar refractivity (Wildman–Crippen MR) is 80.0 cm³/mol. The van der Waals surface area contributed by atoms with E-state index < -0.39 is 24.8 Å². The topological polar surface area (TPSA) is 67.8 Å². The van der Waals surface area contributed by atoms with Gasteiger partial charge in [0.2, 0.25) is 0 Å². The average Bonchev–Trinajstić information content (AvgIpc) is 2.26. The lowest BCUT2D eigenvalue weighted by Crippen LogP contribution is -2.41. The minimum absolute atomic E-state index is 0.386. The summed E-state index contributed by atoms with van der Waals surface area (Å²) in [7, 11) is 0. The normalized spacial score (nSPS) is 18.1. The molecule has 0 aliphatic heterocycles. The molecule has 0 saturated heterocycles. The molecule has 0 fully saturated rings. The molecule has 0 aromatic heterocycles. The first kappa shape index (κ1) is 17.5. The number of aliphatic hydroxyl groups excluding tert-OH is 1. The zero-order chi connectivity index (χ0) is 15.4. The highest BCUT2D eigenvalue weighted by Gasteiger charge is 2.29. The summed E-state index contributed by atoms with van der Waals surface area (Å²) in [6, 6.07) is 7.93. The van der Waals surface area contributed by atoms with E-state index in [9.17, 15) is 9.67 Å². The van der Waals surface area contributed by atoms with Crippen LogP contribution < -0.4 is 9.61 Å². The summed E-state index contributed by atoms with van der Waals surface area (Å²) in [6.45, 7) is 3.43. The van der Waals surface area contributed by atoms with Gasteiger partial charge in [-0.1, -0.05) is 18.2 Å². The van der Waals surface area contributed by atoms with E-state index in [4.69, 9.17) is 20.5 Å². The second kappa shape index (κ2) is 6.92. The number of para-hydroxylation sites is 1. The van der Waals surface area contributed by atoms with Crippen molar-refractivity contribution in [1.29, 1.82) is 0 Å².